The fourth-order valence-electron chi connectivity index (χ4n) is 2.23. The van der Waals surface area contributed by atoms with Crippen LogP contribution >= 0.6 is 23.4 Å². The third-order valence-electron chi connectivity index (χ3n) is 3.47. The molecular formula is C17H16ClN3O4S. The Balaban J connectivity index is 1.79. The van der Waals surface area contributed by atoms with Crippen LogP contribution in [0.2, 0.25) is 5.15 Å². The Kier molecular flexibility index (Phi) is 5.85. The van der Waals surface area contributed by atoms with Crippen molar-refractivity contribution in [3.63, 3.8) is 0 Å². The van der Waals surface area contributed by atoms with E-state index in [1.165, 1.54) is 11.8 Å². The summed E-state index contributed by atoms with van der Waals surface area (Å²) in [6, 6.07) is 7.16. The smallest absolute Gasteiger partial charge is 0.277 e. The van der Waals surface area contributed by atoms with Crippen LogP contribution in [0.15, 0.2) is 40.1 Å². The molecule has 1 aromatic carbocycles. The average molecular weight is 394 g/mol. The monoisotopic (exact) mass is 393 g/mol. The molecule has 136 valence electrons. The Morgan fingerprint density at radius 3 is 2.35 bits per heavy atom. The molecule has 0 radical (unpaired) electrons. The minimum absolute atomic E-state index is 0.362. The molecule has 0 bridgehead atoms. The van der Waals surface area contributed by atoms with Gasteiger partial charge in [-0.2, -0.15) is 0 Å². The van der Waals surface area contributed by atoms with Gasteiger partial charge >= 0.3 is 0 Å². The van der Waals surface area contributed by atoms with Crippen LogP contribution in [-0.4, -0.2) is 36.5 Å². The summed E-state index contributed by atoms with van der Waals surface area (Å²) in [5.41, 5.74) is 1.68. The average Bonchev–Trinajstić information content (AvgIpc) is 3.15. The molecule has 3 aromatic rings. The molecule has 9 heteroatoms. The van der Waals surface area contributed by atoms with Crippen molar-refractivity contribution in [2.45, 2.75) is 11.0 Å². The summed E-state index contributed by atoms with van der Waals surface area (Å²) in [6.45, 7) is 0. The summed E-state index contributed by atoms with van der Waals surface area (Å²) in [7, 11) is 4.65. The number of thioether (sulfide) groups is 1. The van der Waals surface area contributed by atoms with Crippen LogP contribution in [0.25, 0.3) is 11.5 Å². The van der Waals surface area contributed by atoms with E-state index in [0.717, 1.165) is 5.56 Å². The molecule has 2 heterocycles. The van der Waals surface area contributed by atoms with Gasteiger partial charge in [0.05, 0.1) is 21.3 Å². The Morgan fingerprint density at radius 2 is 1.77 bits per heavy atom. The maximum absolute atomic E-state index is 5.78. The fourth-order valence-corrected chi connectivity index (χ4v) is 3.04. The first-order valence-electron chi connectivity index (χ1n) is 7.51. The molecule has 0 amide bonds. The predicted octanol–water partition coefficient (Wildman–Crippen LogP) is 4.10. The number of aromatic nitrogens is 3. The van der Waals surface area contributed by atoms with Gasteiger partial charge in [0.25, 0.3) is 5.22 Å². The van der Waals surface area contributed by atoms with Gasteiger partial charge in [-0.15, -0.1) is 10.2 Å². The van der Waals surface area contributed by atoms with Crippen molar-refractivity contribution in [2.24, 2.45) is 0 Å². The van der Waals surface area contributed by atoms with Crippen LogP contribution in [0.4, 0.5) is 0 Å². The van der Waals surface area contributed by atoms with E-state index in [9.17, 15) is 0 Å². The molecule has 0 aliphatic carbocycles. The van der Waals surface area contributed by atoms with Crippen LogP contribution in [-0.2, 0) is 5.75 Å². The lowest BCUT2D eigenvalue weighted by Gasteiger charge is -2.12. The molecule has 7 nitrogen and oxygen atoms in total. The Bertz CT molecular complexity index is 861. The van der Waals surface area contributed by atoms with E-state index in [-0.39, 0.29) is 0 Å². The van der Waals surface area contributed by atoms with E-state index in [1.807, 2.05) is 6.07 Å². The van der Waals surface area contributed by atoms with E-state index >= 15 is 0 Å². The van der Waals surface area contributed by atoms with Gasteiger partial charge in [0.2, 0.25) is 11.6 Å². The maximum Gasteiger partial charge on any atom is 0.277 e. The van der Waals surface area contributed by atoms with E-state index < -0.39 is 0 Å². The van der Waals surface area contributed by atoms with Crippen LogP contribution in [0.3, 0.4) is 0 Å². The Labute approximate surface area is 159 Å². The standard InChI is InChI=1S/C17H16ClN3O4S/c1-22-12-6-11(7-13(23-2)15(12)24-3)16-20-21-17(25-16)26-9-10-4-5-14(18)19-8-10/h4-8H,9H2,1-3H3. The largest absolute Gasteiger partial charge is 0.493 e. The van der Waals surface area contributed by atoms with Crippen molar-refractivity contribution in [3.8, 4) is 28.7 Å². The predicted molar refractivity (Wildman–Crippen MR) is 98.2 cm³/mol. The molecule has 2 aromatic heterocycles. The second kappa shape index (κ2) is 8.29. The molecule has 0 atom stereocenters. The number of halogens is 1. The zero-order chi connectivity index (χ0) is 18.5. The molecule has 0 fully saturated rings. The molecule has 0 saturated heterocycles. The number of ether oxygens (including phenoxy) is 3. The maximum atomic E-state index is 5.78. The van der Waals surface area contributed by atoms with Gasteiger partial charge in [-0.25, -0.2) is 4.98 Å². The van der Waals surface area contributed by atoms with E-state index in [2.05, 4.69) is 15.2 Å². The lowest BCUT2D eigenvalue weighted by molar-refractivity contribution is 0.324. The molecule has 26 heavy (non-hydrogen) atoms. The topological polar surface area (TPSA) is 79.5 Å². The normalized spacial score (nSPS) is 10.6. The summed E-state index contributed by atoms with van der Waals surface area (Å²) in [6.07, 6.45) is 1.71. The molecular weight excluding hydrogens is 378 g/mol. The zero-order valence-electron chi connectivity index (χ0n) is 14.4. The van der Waals surface area contributed by atoms with E-state index in [4.69, 9.17) is 30.2 Å². The lowest BCUT2D eigenvalue weighted by Crippen LogP contribution is -1.95. The highest BCUT2D eigenvalue weighted by Crippen LogP contribution is 2.41. The van der Waals surface area contributed by atoms with Crippen molar-refractivity contribution in [3.05, 3.63) is 41.2 Å². The van der Waals surface area contributed by atoms with Crippen molar-refractivity contribution in [2.75, 3.05) is 21.3 Å². The Hall–Kier alpha value is -2.45. The number of nitrogens with zero attached hydrogens (tertiary/aromatic N) is 3. The van der Waals surface area contributed by atoms with Crippen LogP contribution in [0.1, 0.15) is 5.56 Å². The van der Waals surface area contributed by atoms with Gasteiger partial charge in [0, 0.05) is 17.5 Å². The summed E-state index contributed by atoms with van der Waals surface area (Å²) < 4.78 is 21.7. The van der Waals surface area contributed by atoms with Gasteiger partial charge in [-0.3, -0.25) is 0 Å². The summed E-state index contributed by atoms with van der Waals surface area (Å²) >= 11 is 7.19. The number of methoxy groups -OCH3 is 3. The zero-order valence-corrected chi connectivity index (χ0v) is 15.9. The number of pyridine rings is 1. The van der Waals surface area contributed by atoms with Gasteiger partial charge in [0.15, 0.2) is 11.5 Å². The number of rotatable bonds is 7. The minimum Gasteiger partial charge on any atom is -0.493 e. The van der Waals surface area contributed by atoms with Crippen LogP contribution < -0.4 is 14.2 Å². The first-order valence-corrected chi connectivity index (χ1v) is 8.88. The molecule has 0 aliphatic heterocycles. The first-order chi connectivity index (χ1) is 12.6. The molecule has 0 unspecified atom stereocenters. The second-order valence-electron chi connectivity index (χ2n) is 5.06. The molecule has 0 aliphatic rings. The molecule has 0 spiro atoms. The van der Waals surface area contributed by atoms with Crippen molar-refractivity contribution in [1.82, 2.24) is 15.2 Å². The fraction of sp³-hybridized carbons (Fsp3) is 0.235. The summed E-state index contributed by atoms with van der Waals surface area (Å²) in [4.78, 5) is 4.04. The van der Waals surface area contributed by atoms with Gasteiger partial charge in [0.1, 0.15) is 5.15 Å². The first kappa shape index (κ1) is 18.3. The highest BCUT2D eigenvalue weighted by atomic mass is 35.5. The highest BCUT2D eigenvalue weighted by molar-refractivity contribution is 7.98. The summed E-state index contributed by atoms with van der Waals surface area (Å²) in [5, 5.41) is 9.07. The molecule has 0 N–H and O–H groups in total. The van der Waals surface area contributed by atoms with Crippen molar-refractivity contribution >= 4 is 23.4 Å². The van der Waals surface area contributed by atoms with E-state index in [1.54, 1.807) is 45.7 Å². The van der Waals surface area contributed by atoms with Gasteiger partial charge in [-0.1, -0.05) is 29.4 Å². The van der Waals surface area contributed by atoms with Crippen LogP contribution in [0, 0.1) is 0 Å². The van der Waals surface area contributed by atoms with E-state index in [0.29, 0.717) is 44.8 Å². The SMILES string of the molecule is COc1cc(-c2nnc(SCc3ccc(Cl)nc3)o2)cc(OC)c1OC. The molecule has 0 saturated carbocycles. The van der Waals surface area contributed by atoms with Gasteiger partial charge in [-0.05, 0) is 23.8 Å². The minimum atomic E-state index is 0.362. The highest BCUT2D eigenvalue weighted by Gasteiger charge is 2.17. The number of hydrogen-bond donors (Lipinski definition) is 0. The third kappa shape index (κ3) is 4.03. The third-order valence-corrected chi connectivity index (χ3v) is 4.58. The van der Waals surface area contributed by atoms with Crippen molar-refractivity contribution < 1.29 is 18.6 Å². The Morgan fingerprint density at radius 1 is 1.04 bits per heavy atom. The van der Waals surface area contributed by atoms with Gasteiger partial charge < -0.3 is 18.6 Å². The summed E-state index contributed by atoms with van der Waals surface area (Å²) in [5.74, 6) is 2.54. The lowest BCUT2D eigenvalue weighted by atomic mass is 10.2. The second-order valence-corrected chi connectivity index (χ2v) is 6.38. The number of benzene rings is 1. The quantitative estimate of drug-likeness (QED) is 0.438. The van der Waals surface area contributed by atoms with Crippen molar-refractivity contribution in [1.29, 1.82) is 0 Å². The molecule has 3 rings (SSSR count). The van der Waals surface area contributed by atoms with Crippen LogP contribution in [0.5, 0.6) is 17.2 Å². The number of hydrogen-bond acceptors (Lipinski definition) is 8.